The number of rotatable bonds is 2. The van der Waals surface area contributed by atoms with Crippen LogP contribution in [-0.4, -0.2) is 0 Å². The third kappa shape index (κ3) is 1.56. The van der Waals surface area contributed by atoms with Crippen molar-refractivity contribution in [2.75, 3.05) is 0 Å². The Morgan fingerprint density at radius 3 is 2.23 bits per heavy atom. The highest BCUT2D eigenvalue weighted by molar-refractivity contribution is 5.40. The van der Waals surface area contributed by atoms with Crippen LogP contribution in [0.15, 0.2) is 32.9 Å². The van der Waals surface area contributed by atoms with Crippen molar-refractivity contribution in [3.05, 3.63) is 32.4 Å². The molecule has 0 bridgehead atoms. The molecular formula is C9H12N2O2. The molecule has 0 spiro atoms. The van der Waals surface area contributed by atoms with Crippen molar-refractivity contribution < 1.29 is 0 Å². The minimum absolute atomic E-state index is 0.00824. The lowest BCUT2D eigenvalue weighted by molar-refractivity contribution is 0.631. The molecule has 0 aliphatic heterocycles. The summed E-state index contributed by atoms with van der Waals surface area (Å²) in [5.74, 6) is 0.00824. The average Bonchev–Trinajstić information content (AvgIpc) is 2.12. The first-order valence-electron chi connectivity index (χ1n) is 4.19. The van der Waals surface area contributed by atoms with E-state index in [0.717, 1.165) is 11.1 Å². The average molecular weight is 180 g/mol. The zero-order valence-electron chi connectivity index (χ0n) is 8.00. The van der Waals surface area contributed by atoms with Crippen LogP contribution in [0.3, 0.4) is 0 Å². The van der Waals surface area contributed by atoms with Crippen molar-refractivity contribution in [2.24, 2.45) is 16.3 Å². The zero-order valence-corrected chi connectivity index (χ0v) is 8.00. The summed E-state index contributed by atoms with van der Waals surface area (Å²) in [7, 11) is 0. The Morgan fingerprint density at radius 1 is 1.15 bits per heavy atom. The number of nitroso groups, excluding NO2 is 2. The number of hydrogen-bond acceptors (Lipinski definition) is 4. The molecule has 0 radical (unpaired) electrons. The van der Waals surface area contributed by atoms with Crippen molar-refractivity contribution in [3.8, 4) is 0 Å². The normalized spacial score (nSPS) is 23.5. The predicted octanol–water partition coefficient (Wildman–Crippen LogP) is 3.11. The lowest BCUT2D eigenvalue weighted by Crippen LogP contribution is -2.08. The first-order valence-corrected chi connectivity index (χ1v) is 4.19. The van der Waals surface area contributed by atoms with Crippen LogP contribution in [0.25, 0.3) is 0 Å². The lowest BCUT2D eigenvalue weighted by atomic mass is 9.88. The smallest absolute Gasteiger partial charge is 0.0913 e. The number of allylic oxidation sites excluding steroid dienone is 4. The minimum atomic E-state index is 0.00824. The summed E-state index contributed by atoms with van der Waals surface area (Å²) in [6, 6.07) is 0. The molecule has 0 amide bonds. The van der Waals surface area contributed by atoms with E-state index in [2.05, 4.69) is 10.4 Å². The Balaban J connectivity index is 3.22. The quantitative estimate of drug-likeness (QED) is 0.613. The van der Waals surface area contributed by atoms with Gasteiger partial charge in [-0.2, -0.15) is 0 Å². The first kappa shape index (κ1) is 9.77. The Bertz CT molecular complexity index is 316. The molecule has 0 saturated heterocycles. The molecule has 1 atom stereocenters. The van der Waals surface area contributed by atoms with Crippen molar-refractivity contribution in [1.82, 2.24) is 0 Å². The van der Waals surface area contributed by atoms with Gasteiger partial charge in [-0.15, -0.1) is 9.81 Å². The van der Waals surface area contributed by atoms with Gasteiger partial charge in [-0.1, -0.05) is 6.92 Å². The third-order valence-electron chi connectivity index (χ3n) is 2.55. The molecule has 70 valence electrons. The molecular weight excluding hydrogens is 168 g/mol. The van der Waals surface area contributed by atoms with Crippen LogP contribution in [-0.2, 0) is 0 Å². The maximum Gasteiger partial charge on any atom is 0.0913 e. The molecule has 0 fully saturated rings. The summed E-state index contributed by atoms with van der Waals surface area (Å²) < 4.78 is 0. The van der Waals surface area contributed by atoms with Crippen LogP contribution < -0.4 is 0 Å². The van der Waals surface area contributed by atoms with E-state index in [-0.39, 0.29) is 5.92 Å². The minimum Gasteiger partial charge on any atom is -0.145 e. The SMILES string of the molecule is CC1=C(N=O)CC(C)C(N=O)=C1C. The molecule has 1 rings (SSSR count). The van der Waals surface area contributed by atoms with Crippen molar-refractivity contribution in [1.29, 1.82) is 0 Å². The summed E-state index contributed by atoms with van der Waals surface area (Å²) in [6.07, 6.45) is 0.522. The Hall–Kier alpha value is -1.32. The molecule has 4 nitrogen and oxygen atoms in total. The van der Waals surface area contributed by atoms with Gasteiger partial charge in [0.2, 0.25) is 0 Å². The second kappa shape index (κ2) is 3.60. The van der Waals surface area contributed by atoms with Gasteiger partial charge in [-0.3, -0.25) is 0 Å². The summed E-state index contributed by atoms with van der Waals surface area (Å²) in [5, 5.41) is 5.93. The highest BCUT2D eigenvalue weighted by Gasteiger charge is 2.23. The molecule has 0 aromatic carbocycles. The van der Waals surface area contributed by atoms with E-state index in [1.54, 1.807) is 13.8 Å². The predicted molar refractivity (Wildman–Crippen MR) is 50.8 cm³/mol. The van der Waals surface area contributed by atoms with E-state index in [1.165, 1.54) is 0 Å². The maximum absolute atomic E-state index is 10.5. The maximum atomic E-state index is 10.5. The molecule has 1 aliphatic rings. The lowest BCUT2D eigenvalue weighted by Gasteiger charge is -2.19. The topological polar surface area (TPSA) is 58.9 Å². The highest BCUT2D eigenvalue weighted by atomic mass is 16.3. The van der Waals surface area contributed by atoms with Crippen LogP contribution >= 0.6 is 0 Å². The monoisotopic (exact) mass is 180 g/mol. The van der Waals surface area contributed by atoms with Gasteiger partial charge in [0.25, 0.3) is 0 Å². The van der Waals surface area contributed by atoms with Gasteiger partial charge in [0.15, 0.2) is 0 Å². The van der Waals surface area contributed by atoms with Gasteiger partial charge in [-0.25, -0.2) is 0 Å². The Morgan fingerprint density at radius 2 is 1.77 bits per heavy atom. The van der Waals surface area contributed by atoms with Crippen LogP contribution in [0.4, 0.5) is 0 Å². The fraction of sp³-hybridized carbons (Fsp3) is 0.556. The largest absolute Gasteiger partial charge is 0.145 e. The van der Waals surface area contributed by atoms with E-state index < -0.39 is 0 Å². The van der Waals surface area contributed by atoms with Crippen LogP contribution in [0.2, 0.25) is 0 Å². The summed E-state index contributed by atoms with van der Waals surface area (Å²) in [5.41, 5.74) is 2.67. The standard InChI is InChI=1S/C9H12N2O2/c1-5-4-8(10-12)6(2)7(3)9(5)11-13/h5H,4H2,1-3H3. The molecule has 0 N–H and O–H groups in total. The molecule has 13 heavy (non-hydrogen) atoms. The summed E-state index contributed by atoms with van der Waals surface area (Å²) in [6.45, 7) is 5.47. The van der Waals surface area contributed by atoms with Crippen LogP contribution in [0, 0.1) is 15.7 Å². The van der Waals surface area contributed by atoms with Gasteiger partial charge in [0.1, 0.15) is 0 Å². The second-order valence-electron chi connectivity index (χ2n) is 3.37. The van der Waals surface area contributed by atoms with Crippen molar-refractivity contribution in [2.45, 2.75) is 27.2 Å². The third-order valence-corrected chi connectivity index (χ3v) is 2.55. The molecule has 4 heteroatoms. The summed E-state index contributed by atoms with van der Waals surface area (Å²) >= 11 is 0. The van der Waals surface area contributed by atoms with Gasteiger partial charge < -0.3 is 0 Å². The fourth-order valence-electron chi connectivity index (χ4n) is 1.58. The second-order valence-corrected chi connectivity index (χ2v) is 3.37. The highest BCUT2D eigenvalue weighted by Crippen LogP contribution is 2.34. The van der Waals surface area contributed by atoms with Crippen molar-refractivity contribution in [3.63, 3.8) is 0 Å². The number of nitrogens with zero attached hydrogens (tertiary/aromatic N) is 2. The molecule has 1 unspecified atom stereocenters. The number of hydrogen-bond donors (Lipinski definition) is 0. The first-order chi connectivity index (χ1) is 6.11. The molecule has 0 saturated carbocycles. The molecule has 0 aromatic rings. The zero-order chi connectivity index (χ0) is 10.0. The van der Waals surface area contributed by atoms with Gasteiger partial charge in [0, 0.05) is 12.3 Å². The van der Waals surface area contributed by atoms with E-state index in [4.69, 9.17) is 0 Å². The van der Waals surface area contributed by atoms with E-state index in [1.807, 2.05) is 6.92 Å². The van der Waals surface area contributed by atoms with Gasteiger partial charge >= 0.3 is 0 Å². The van der Waals surface area contributed by atoms with E-state index >= 15 is 0 Å². The summed E-state index contributed by atoms with van der Waals surface area (Å²) in [4.78, 5) is 20.9. The van der Waals surface area contributed by atoms with Gasteiger partial charge in [-0.05, 0) is 35.3 Å². The molecule has 1 aliphatic carbocycles. The van der Waals surface area contributed by atoms with Crippen LogP contribution in [0.1, 0.15) is 27.2 Å². The van der Waals surface area contributed by atoms with E-state index in [9.17, 15) is 9.81 Å². The fourth-order valence-corrected chi connectivity index (χ4v) is 1.58. The van der Waals surface area contributed by atoms with Crippen LogP contribution in [0.5, 0.6) is 0 Å². The van der Waals surface area contributed by atoms with Gasteiger partial charge in [0.05, 0.1) is 11.4 Å². The van der Waals surface area contributed by atoms with Crippen molar-refractivity contribution >= 4 is 0 Å². The Labute approximate surface area is 76.7 Å². The molecule has 0 aromatic heterocycles. The van der Waals surface area contributed by atoms with E-state index in [0.29, 0.717) is 17.8 Å². The molecule has 0 heterocycles. The Kier molecular flexibility index (Phi) is 2.70.